The molecule has 0 radical (unpaired) electrons. The summed E-state index contributed by atoms with van der Waals surface area (Å²) in [6.07, 6.45) is -4.33. The van der Waals surface area contributed by atoms with E-state index in [0.717, 1.165) is 11.6 Å². The van der Waals surface area contributed by atoms with Crippen LogP contribution in [-0.2, 0) is 19.3 Å². The van der Waals surface area contributed by atoms with Gasteiger partial charge in [-0.05, 0) is 17.7 Å². The van der Waals surface area contributed by atoms with Crippen LogP contribution in [0, 0.1) is 0 Å². The third kappa shape index (κ3) is 4.64. The van der Waals surface area contributed by atoms with Crippen LogP contribution < -0.4 is 22.5 Å². The van der Waals surface area contributed by atoms with Gasteiger partial charge in [0.25, 0.3) is 0 Å². The molecule has 0 atom stereocenters. The summed E-state index contributed by atoms with van der Waals surface area (Å²) in [4.78, 5) is 0. The van der Waals surface area contributed by atoms with Gasteiger partial charge in [0, 0.05) is 18.7 Å². The second kappa shape index (κ2) is 8.06. The van der Waals surface area contributed by atoms with E-state index < -0.39 is 11.7 Å². The molecule has 2 nitrogen and oxygen atoms in total. The highest BCUT2D eigenvalue weighted by Gasteiger charge is 2.32. The Morgan fingerprint density at radius 2 is 1.45 bits per heavy atom. The molecule has 0 aromatic heterocycles. The van der Waals surface area contributed by atoms with Crippen molar-refractivity contribution >= 4 is 0 Å². The average molecular weight is 331 g/mol. The zero-order chi connectivity index (χ0) is 15.3. The number of hydrogen-bond acceptors (Lipinski definition) is 2. The molecule has 2 aromatic carbocycles. The first-order valence-electron chi connectivity index (χ1n) is 6.50. The van der Waals surface area contributed by atoms with Crippen LogP contribution >= 0.6 is 0 Å². The third-order valence-electron chi connectivity index (χ3n) is 3.15. The van der Waals surface area contributed by atoms with Gasteiger partial charge in [-0.15, -0.1) is 0 Å². The summed E-state index contributed by atoms with van der Waals surface area (Å²) in [7, 11) is 1.57. The molecule has 0 amide bonds. The molecule has 0 heterocycles. The summed E-state index contributed by atoms with van der Waals surface area (Å²) >= 11 is 0. The maximum Gasteiger partial charge on any atom is 0.416 e. The van der Waals surface area contributed by atoms with Gasteiger partial charge in [0.1, 0.15) is 5.75 Å². The van der Waals surface area contributed by atoms with Crippen molar-refractivity contribution in [3.8, 4) is 5.75 Å². The number of para-hydroxylation sites is 1. The number of halogens is 4. The Morgan fingerprint density at radius 1 is 0.909 bits per heavy atom. The lowest BCUT2D eigenvalue weighted by molar-refractivity contribution is -0.138. The number of benzene rings is 2. The zero-order valence-corrected chi connectivity index (χ0v) is 12.7. The first-order valence-corrected chi connectivity index (χ1v) is 6.50. The van der Waals surface area contributed by atoms with Gasteiger partial charge in [0.2, 0.25) is 0 Å². The number of ether oxygens (including phenoxy) is 1. The monoisotopic (exact) mass is 330 g/mol. The highest BCUT2D eigenvalue weighted by Crippen LogP contribution is 2.31. The van der Waals surface area contributed by atoms with E-state index in [2.05, 4.69) is 5.32 Å². The lowest BCUT2D eigenvalue weighted by Crippen LogP contribution is -3.00. The number of nitrogens with one attached hydrogen (secondary N) is 1. The van der Waals surface area contributed by atoms with Crippen molar-refractivity contribution in [2.24, 2.45) is 0 Å². The third-order valence-corrected chi connectivity index (χ3v) is 3.15. The second-order valence-electron chi connectivity index (χ2n) is 4.57. The van der Waals surface area contributed by atoms with Gasteiger partial charge in [-0.25, -0.2) is 0 Å². The normalized spacial score (nSPS) is 10.9. The Bertz CT molecular complexity index is 602. The van der Waals surface area contributed by atoms with E-state index in [9.17, 15) is 13.2 Å². The molecule has 2 rings (SSSR count). The van der Waals surface area contributed by atoms with Crippen LogP contribution in [-0.4, -0.2) is 7.11 Å². The largest absolute Gasteiger partial charge is 1.00 e. The van der Waals surface area contributed by atoms with Crippen LogP contribution in [0.2, 0.25) is 0 Å². The fraction of sp³-hybridized carbons (Fsp3) is 0.250. The van der Waals surface area contributed by atoms with Crippen molar-refractivity contribution < 1.29 is 30.3 Å². The lowest BCUT2D eigenvalue weighted by atomic mass is 10.1. The van der Waals surface area contributed by atoms with Crippen molar-refractivity contribution in [2.45, 2.75) is 19.3 Å². The minimum absolute atomic E-state index is 0. The summed E-state index contributed by atoms with van der Waals surface area (Å²) in [6.45, 7) is 0.587. The van der Waals surface area contributed by atoms with Crippen molar-refractivity contribution in [2.75, 3.05) is 7.11 Å². The van der Waals surface area contributed by atoms with Crippen molar-refractivity contribution in [1.29, 1.82) is 0 Å². The smallest absolute Gasteiger partial charge is 0.416 e. The summed E-state index contributed by atoms with van der Waals surface area (Å²) < 4.78 is 43.8. The zero-order valence-electron chi connectivity index (χ0n) is 12.0. The summed E-state index contributed by atoms with van der Waals surface area (Å²) in [5.41, 5.74) is 0.543. The predicted octanol–water partition coefficient (Wildman–Crippen LogP) is 1.01. The predicted molar refractivity (Wildman–Crippen MR) is 75.0 cm³/mol. The summed E-state index contributed by atoms with van der Waals surface area (Å²) in [5, 5.41) is 3.03. The fourth-order valence-corrected chi connectivity index (χ4v) is 2.13. The molecule has 0 saturated carbocycles. The Hall–Kier alpha value is -1.72. The number of hydrogen-bond donors (Lipinski definition) is 1. The Balaban J connectivity index is 0.00000242. The van der Waals surface area contributed by atoms with Crippen molar-refractivity contribution in [3.05, 3.63) is 65.2 Å². The van der Waals surface area contributed by atoms with Gasteiger partial charge in [-0.3, -0.25) is 0 Å². The SMILES string of the molecule is COc1ccccc1CNCc1ccccc1C(F)(F)F.[Cl-]. The molecule has 6 heteroatoms. The molecular formula is C16H16ClF3NO-. The van der Waals surface area contributed by atoms with Crippen molar-refractivity contribution in [3.63, 3.8) is 0 Å². The van der Waals surface area contributed by atoms with E-state index in [0.29, 0.717) is 12.3 Å². The molecule has 0 spiro atoms. The molecule has 2 aromatic rings. The van der Waals surface area contributed by atoms with Crippen LogP contribution in [0.3, 0.4) is 0 Å². The quantitative estimate of drug-likeness (QED) is 0.883. The standard InChI is InChI=1S/C16H16F3NO.ClH/c1-21-15-9-5-3-7-13(15)11-20-10-12-6-2-4-8-14(12)16(17,18)19;/h2-9,20H,10-11H2,1H3;1H/p-1. The average Bonchev–Trinajstić information content (AvgIpc) is 2.47. The number of alkyl halides is 3. The van der Waals surface area contributed by atoms with Gasteiger partial charge < -0.3 is 22.5 Å². The van der Waals surface area contributed by atoms with Crippen LogP contribution in [0.4, 0.5) is 13.2 Å². The van der Waals surface area contributed by atoms with Gasteiger partial charge in [0.15, 0.2) is 0 Å². The highest BCUT2D eigenvalue weighted by atomic mass is 35.5. The number of methoxy groups -OCH3 is 1. The summed E-state index contributed by atoms with van der Waals surface area (Å²) in [5.74, 6) is 0.717. The molecule has 0 aliphatic rings. The van der Waals surface area contributed by atoms with Crippen LogP contribution in [0.5, 0.6) is 5.75 Å². The fourth-order valence-electron chi connectivity index (χ4n) is 2.13. The van der Waals surface area contributed by atoms with E-state index in [1.54, 1.807) is 13.2 Å². The molecular weight excluding hydrogens is 315 g/mol. The first-order chi connectivity index (χ1) is 10.0. The van der Waals surface area contributed by atoms with Gasteiger partial charge in [-0.1, -0.05) is 36.4 Å². The highest BCUT2D eigenvalue weighted by molar-refractivity contribution is 5.33. The topological polar surface area (TPSA) is 21.3 Å². The molecule has 0 aliphatic heterocycles. The van der Waals surface area contributed by atoms with E-state index in [-0.39, 0.29) is 24.5 Å². The molecule has 0 unspecified atom stereocenters. The first kappa shape index (κ1) is 18.3. The van der Waals surface area contributed by atoms with Crippen molar-refractivity contribution in [1.82, 2.24) is 5.32 Å². The van der Waals surface area contributed by atoms with Gasteiger partial charge >= 0.3 is 6.18 Å². The second-order valence-corrected chi connectivity index (χ2v) is 4.57. The minimum atomic E-state index is -4.33. The van der Waals surface area contributed by atoms with E-state index in [4.69, 9.17) is 4.74 Å². The Labute approximate surface area is 133 Å². The van der Waals surface area contributed by atoms with Crippen LogP contribution in [0.25, 0.3) is 0 Å². The maximum atomic E-state index is 12.9. The van der Waals surface area contributed by atoms with Crippen LogP contribution in [0.15, 0.2) is 48.5 Å². The molecule has 120 valence electrons. The number of rotatable bonds is 5. The molecule has 22 heavy (non-hydrogen) atoms. The molecule has 0 saturated heterocycles. The maximum absolute atomic E-state index is 12.9. The van der Waals surface area contributed by atoms with E-state index >= 15 is 0 Å². The summed E-state index contributed by atoms with van der Waals surface area (Å²) in [6, 6.07) is 13.0. The molecule has 0 fully saturated rings. The Morgan fingerprint density at radius 3 is 2.09 bits per heavy atom. The lowest BCUT2D eigenvalue weighted by Gasteiger charge is -2.14. The Kier molecular flexibility index (Phi) is 6.71. The van der Waals surface area contributed by atoms with Gasteiger partial charge in [0.05, 0.1) is 12.7 Å². The van der Waals surface area contributed by atoms with Crippen LogP contribution in [0.1, 0.15) is 16.7 Å². The molecule has 1 N–H and O–H groups in total. The minimum Gasteiger partial charge on any atom is -1.00 e. The molecule has 0 aliphatic carbocycles. The van der Waals surface area contributed by atoms with E-state index in [1.165, 1.54) is 12.1 Å². The van der Waals surface area contributed by atoms with Gasteiger partial charge in [-0.2, -0.15) is 13.2 Å². The van der Waals surface area contributed by atoms with E-state index in [1.807, 2.05) is 24.3 Å². The molecule has 0 bridgehead atoms.